The van der Waals surface area contributed by atoms with E-state index >= 15 is 0 Å². The van der Waals surface area contributed by atoms with Gasteiger partial charge in [0, 0.05) is 12.2 Å². The van der Waals surface area contributed by atoms with Gasteiger partial charge in [-0.05, 0) is 24.6 Å². The van der Waals surface area contributed by atoms with Crippen molar-refractivity contribution in [1.29, 1.82) is 0 Å². The minimum atomic E-state index is 0. The molecule has 0 aromatic heterocycles. The van der Waals surface area contributed by atoms with Gasteiger partial charge in [0.1, 0.15) is 5.75 Å². The molecule has 0 saturated heterocycles. The molecule has 4 nitrogen and oxygen atoms in total. The number of hydrogen-bond donors (Lipinski definition) is 2. The zero-order chi connectivity index (χ0) is 12.0. The van der Waals surface area contributed by atoms with Crippen LogP contribution in [0.1, 0.15) is 13.3 Å². The van der Waals surface area contributed by atoms with Crippen molar-refractivity contribution in [2.45, 2.75) is 13.3 Å². The van der Waals surface area contributed by atoms with Crippen LogP contribution in [-0.4, -0.2) is 19.6 Å². The Morgan fingerprint density at radius 2 is 2.24 bits per heavy atom. The number of halogens is 2. The van der Waals surface area contributed by atoms with E-state index in [0.717, 1.165) is 12.1 Å². The minimum absolute atomic E-state index is 0. The molecule has 0 bridgehead atoms. The standard InChI is InChI=1S/C11H16ClN3O.HI/c1-3-6-14-11(13)15-8-4-5-10(16-2)9(12)7-8;/h4-5,7H,3,6H2,1-2H3,(H3,13,14,15);1H. The SMILES string of the molecule is CCCN=C(N)Nc1ccc(OC)c(Cl)c1.I. The van der Waals surface area contributed by atoms with Crippen LogP contribution in [0, 0.1) is 0 Å². The summed E-state index contributed by atoms with van der Waals surface area (Å²) in [6.45, 7) is 2.75. The first-order valence-electron chi connectivity index (χ1n) is 5.08. The molecule has 0 unspecified atom stereocenters. The van der Waals surface area contributed by atoms with Crippen LogP contribution in [0.2, 0.25) is 5.02 Å². The summed E-state index contributed by atoms with van der Waals surface area (Å²) in [5.74, 6) is 1.03. The monoisotopic (exact) mass is 369 g/mol. The van der Waals surface area contributed by atoms with Gasteiger partial charge in [0.15, 0.2) is 5.96 Å². The second-order valence-electron chi connectivity index (χ2n) is 3.24. The van der Waals surface area contributed by atoms with Crippen molar-refractivity contribution in [2.75, 3.05) is 19.0 Å². The molecule has 0 radical (unpaired) electrons. The van der Waals surface area contributed by atoms with Crippen molar-refractivity contribution >= 4 is 47.2 Å². The van der Waals surface area contributed by atoms with E-state index < -0.39 is 0 Å². The maximum absolute atomic E-state index is 5.97. The molecule has 0 atom stereocenters. The number of ether oxygens (including phenoxy) is 1. The van der Waals surface area contributed by atoms with E-state index in [1.165, 1.54) is 0 Å². The van der Waals surface area contributed by atoms with E-state index in [1.54, 1.807) is 19.2 Å². The molecule has 1 rings (SSSR count). The number of nitrogens with one attached hydrogen (secondary N) is 1. The highest BCUT2D eigenvalue weighted by Gasteiger charge is 2.02. The normalized spacial score (nSPS) is 10.6. The summed E-state index contributed by atoms with van der Waals surface area (Å²) in [5.41, 5.74) is 6.47. The molecule has 0 saturated carbocycles. The molecule has 1 aromatic carbocycles. The van der Waals surface area contributed by atoms with Gasteiger partial charge in [-0.25, -0.2) is 0 Å². The lowest BCUT2D eigenvalue weighted by molar-refractivity contribution is 0.415. The number of anilines is 1. The van der Waals surface area contributed by atoms with Crippen molar-refractivity contribution in [2.24, 2.45) is 10.7 Å². The molecule has 6 heteroatoms. The van der Waals surface area contributed by atoms with Gasteiger partial charge in [-0.15, -0.1) is 24.0 Å². The van der Waals surface area contributed by atoms with E-state index in [0.29, 0.717) is 23.3 Å². The van der Waals surface area contributed by atoms with Crippen molar-refractivity contribution in [3.63, 3.8) is 0 Å². The number of nitrogens with two attached hydrogens (primary N) is 1. The van der Waals surface area contributed by atoms with Gasteiger partial charge in [0.05, 0.1) is 12.1 Å². The average Bonchev–Trinajstić information content (AvgIpc) is 2.26. The third kappa shape index (κ3) is 5.45. The van der Waals surface area contributed by atoms with Crippen LogP contribution in [0.25, 0.3) is 0 Å². The number of hydrogen-bond acceptors (Lipinski definition) is 2. The lowest BCUT2D eigenvalue weighted by Gasteiger charge is -2.08. The number of rotatable bonds is 4. The summed E-state index contributed by atoms with van der Waals surface area (Å²) >= 11 is 5.97. The summed E-state index contributed by atoms with van der Waals surface area (Å²) in [6.07, 6.45) is 0.964. The lowest BCUT2D eigenvalue weighted by Crippen LogP contribution is -2.22. The van der Waals surface area contributed by atoms with Gasteiger partial charge in [-0.2, -0.15) is 0 Å². The Morgan fingerprint density at radius 1 is 1.53 bits per heavy atom. The van der Waals surface area contributed by atoms with Crippen LogP contribution in [0.15, 0.2) is 23.2 Å². The highest BCUT2D eigenvalue weighted by Crippen LogP contribution is 2.26. The van der Waals surface area contributed by atoms with Crippen molar-refractivity contribution in [3.05, 3.63) is 23.2 Å². The fourth-order valence-electron chi connectivity index (χ4n) is 1.16. The zero-order valence-corrected chi connectivity index (χ0v) is 13.0. The Kier molecular flexibility index (Phi) is 8.07. The predicted octanol–water partition coefficient (Wildman–Crippen LogP) is 3.10. The molecule has 0 spiro atoms. The van der Waals surface area contributed by atoms with Crippen molar-refractivity contribution in [3.8, 4) is 5.75 Å². The highest BCUT2D eigenvalue weighted by atomic mass is 127. The van der Waals surface area contributed by atoms with Gasteiger partial charge in [-0.3, -0.25) is 4.99 Å². The van der Waals surface area contributed by atoms with Crippen LogP contribution in [0.4, 0.5) is 5.69 Å². The Morgan fingerprint density at radius 3 is 2.76 bits per heavy atom. The summed E-state index contributed by atoms with van der Waals surface area (Å²) in [7, 11) is 1.57. The summed E-state index contributed by atoms with van der Waals surface area (Å²) < 4.78 is 5.05. The van der Waals surface area contributed by atoms with Crippen molar-refractivity contribution in [1.82, 2.24) is 0 Å². The summed E-state index contributed by atoms with van der Waals surface area (Å²) in [5, 5.41) is 3.49. The Labute approximate surface area is 124 Å². The van der Waals surface area contributed by atoms with Gasteiger partial charge in [0.2, 0.25) is 0 Å². The van der Waals surface area contributed by atoms with E-state index in [2.05, 4.69) is 10.3 Å². The van der Waals surface area contributed by atoms with Crippen molar-refractivity contribution < 1.29 is 4.74 Å². The molecular formula is C11H17ClIN3O. The fourth-order valence-corrected chi connectivity index (χ4v) is 1.42. The molecule has 96 valence electrons. The third-order valence-corrected chi connectivity index (χ3v) is 2.23. The smallest absolute Gasteiger partial charge is 0.193 e. The third-order valence-electron chi connectivity index (χ3n) is 1.93. The minimum Gasteiger partial charge on any atom is -0.495 e. The molecule has 0 aliphatic heterocycles. The van der Waals surface area contributed by atoms with Crippen LogP contribution >= 0.6 is 35.6 Å². The molecule has 0 amide bonds. The second-order valence-corrected chi connectivity index (χ2v) is 3.65. The number of benzene rings is 1. The molecule has 3 N–H and O–H groups in total. The maximum Gasteiger partial charge on any atom is 0.193 e. The first-order chi connectivity index (χ1) is 7.67. The number of nitrogens with zero attached hydrogens (tertiary/aromatic N) is 1. The summed E-state index contributed by atoms with van der Waals surface area (Å²) in [6, 6.07) is 5.35. The van der Waals surface area contributed by atoms with Gasteiger partial charge in [-0.1, -0.05) is 18.5 Å². The average molecular weight is 370 g/mol. The first-order valence-corrected chi connectivity index (χ1v) is 5.45. The van der Waals surface area contributed by atoms with Crippen LogP contribution in [-0.2, 0) is 0 Å². The van der Waals surface area contributed by atoms with Gasteiger partial charge >= 0.3 is 0 Å². The van der Waals surface area contributed by atoms with Gasteiger partial charge < -0.3 is 15.8 Å². The molecule has 1 aromatic rings. The largest absolute Gasteiger partial charge is 0.495 e. The van der Waals surface area contributed by atoms with E-state index in [-0.39, 0.29) is 24.0 Å². The Hall–Kier alpha value is -0.690. The molecular weight excluding hydrogens is 352 g/mol. The number of guanidine groups is 1. The molecule has 17 heavy (non-hydrogen) atoms. The summed E-state index contributed by atoms with van der Waals surface area (Å²) in [4.78, 5) is 4.12. The second kappa shape index (κ2) is 8.41. The van der Waals surface area contributed by atoms with E-state index in [4.69, 9.17) is 22.1 Å². The predicted molar refractivity (Wildman–Crippen MR) is 83.8 cm³/mol. The Bertz CT molecular complexity index is 385. The zero-order valence-electron chi connectivity index (χ0n) is 9.87. The molecule has 0 heterocycles. The van der Waals surface area contributed by atoms with Crippen LogP contribution < -0.4 is 15.8 Å². The van der Waals surface area contributed by atoms with E-state index in [9.17, 15) is 0 Å². The number of aliphatic imine (C=N–C) groups is 1. The fraction of sp³-hybridized carbons (Fsp3) is 0.364. The quantitative estimate of drug-likeness (QED) is 0.487. The van der Waals surface area contributed by atoms with Crippen LogP contribution in [0.3, 0.4) is 0 Å². The topological polar surface area (TPSA) is 59.6 Å². The van der Waals surface area contributed by atoms with E-state index in [1.807, 2.05) is 13.0 Å². The highest BCUT2D eigenvalue weighted by molar-refractivity contribution is 14.0. The molecule has 0 aliphatic carbocycles. The maximum atomic E-state index is 5.97. The van der Waals surface area contributed by atoms with Crippen LogP contribution in [0.5, 0.6) is 5.75 Å². The molecule has 0 aliphatic rings. The number of methoxy groups -OCH3 is 1. The lowest BCUT2D eigenvalue weighted by atomic mass is 10.3. The first kappa shape index (κ1) is 16.3. The Balaban J connectivity index is 0.00000256. The molecule has 0 fully saturated rings. The van der Waals surface area contributed by atoms with Gasteiger partial charge in [0.25, 0.3) is 0 Å².